The van der Waals surface area contributed by atoms with Gasteiger partial charge in [0.15, 0.2) is 0 Å². The summed E-state index contributed by atoms with van der Waals surface area (Å²) in [6.07, 6.45) is 1.38. The number of rotatable bonds is 4. The van der Waals surface area contributed by atoms with E-state index in [-0.39, 0.29) is 21.8 Å². The van der Waals surface area contributed by atoms with E-state index in [1.165, 1.54) is 42.5 Å². The number of hydrogen-bond acceptors (Lipinski definition) is 3. The number of nitro benzene ring substituents is 1. The van der Waals surface area contributed by atoms with E-state index in [1.54, 1.807) is 6.07 Å². The molecule has 0 aliphatic heterocycles. The molecule has 22 heavy (non-hydrogen) atoms. The quantitative estimate of drug-likeness (QED) is 0.384. The number of benzene rings is 2. The maximum Gasteiger partial charge on any atom is 0.336 e. The molecule has 0 aliphatic rings. The molecule has 0 aliphatic carbocycles. The number of nitrogens with zero attached hydrogens (tertiary/aromatic N) is 1. The summed E-state index contributed by atoms with van der Waals surface area (Å²) in [5.74, 6) is -1.18. The van der Waals surface area contributed by atoms with Crippen LogP contribution in [0.25, 0.3) is 11.6 Å². The van der Waals surface area contributed by atoms with E-state index in [0.717, 1.165) is 0 Å². The van der Waals surface area contributed by atoms with Gasteiger partial charge in [-0.15, -0.1) is 0 Å². The van der Waals surface area contributed by atoms with Gasteiger partial charge in [0.05, 0.1) is 10.5 Å². The van der Waals surface area contributed by atoms with E-state index in [1.807, 2.05) is 0 Å². The third kappa shape index (κ3) is 3.63. The molecule has 0 atom stereocenters. The molecule has 2 aromatic carbocycles. The first kappa shape index (κ1) is 16.0. The van der Waals surface area contributed by atoms with Crippen LogP contribution in [-0.4, -0.2) is 16.0 Å². The monoisotopic (exact) mass is 337 g/mol. The van der Waals surface area contributed by atoms with Crippen molar-refractivity contribution in [2.45, 2.75) is 0 Å². The molecule has 2 aromatic rings. The van der Waals surface area contributed by atoms with E-state index in [9.17, 15) is 20.0 Å². The minimum Gasteiger partial charge on any atom is -0.478 e. The molecule has 0 radical (unpaired) electrons. The summed E-state index contributed by atoms with van der Waals surface area (Å²) < 4.78 is 0. The van der Waals surface area contributed by atoms with Crippen molar-refractivity contribution in [2.24, 2.45) is 0 Å². The van der Waals surface area contributed by atoms with Crippen molar-refractivity contribution in [3.8, 4) is 0 Å². The summed E-state index contributed by atoms with van der Waals surface area (Å²) in [6, 6.07) is 10.0. The number of carboxylic acids is 1. The molecule has 0 aromatic heterocycles. The van der Waals surface area contributed by atoms with Crippen molar-refractivity contribution in [1.29, 1.82) is 0 Å². The predicted octanol–water partition coefficient (Wildman–Crippen LogP) is 4.53. The van der Waals surface area contributed by atoms with Crippen LogP contribution in [0, 0.1) is 10.1 Å². The highest BCUT2D eigenvalue weighted by atomic mass is 35.5. The van der Waals surface area contributed by atoms with Gasteiger partial charge in [-0.05, 0) is 42.0 Å². The van der Waals surface area contributed by atoms with Crippen LogP contribution in [-0.2, 0) is 4.79 Å². The molecular formula is C15H9Cl2NO4. The second kappa shape index (κ2) is 6.60. The number of nitro groups is 1. The molecule has 0 unspecified atom stereocenters. The van der Waals surface area contributed by atoms with E-state index in [2.05, 4.69) is 0 Å². The van der Waals surface area contributed by atoms with E-state index in [0.29, 0.717) is 10.6 Å². The van der Waals surface area contributed by atoms with E-state index >= 15 is 0 Å². The van der Waals surface area contributed by atoms with Crippen molar-refractivity contribution in [3.05, 3.63) is 73.8 Å². The SMILES string of the molecule is O=C(O)/C(=C\c1ccc([N+](=O)[O-])cc1)c1cc(Cl)ccc1Cl. The number of hydrogen-bond donors (Lipinski definition) is 1. The third-order valence-electron chi connectivity index (χ3n) is 2.86. The molecule has 7 heteroatoms. The number of carbonyl (C=O) groups is 1. The highest BCUT2D eigenvalue weighted by Crippen LogP contribution is 2.29. The Kier molecular flexibility index (Phi) is 4.80. The Morgan fingerprint density at radius 1 is 1.14 bits per heavy atom. The maximum atomic E-state index is 11.5. The standard InChI is InChI=1S/C15H9Cl2NO4/c16-10-3-6-14(17)12(8-10)13(15(19)20)7-9-1-4-11(5-2-9)18(21)22/h1-8H,(H,19,20)/b13-7-. The Morgan fingerprint density at radius 2 is 1.77 bits per heavy atom. The lowest BCUT2D eigenvalue weighted by atomic mass is 10.0. The molecule has 5 nitrogen and oxygen atoms in total. The molecule has 1 N–H and O–H groups in total. The van der Waals surface area contributed by atoms with Crippen molar-refractivity contribution in [2.75, 3.05) is 0 Å². The number of aliphatic carboxylic acids is 1. The van der Waals surface area contributed by atoms with Crippen molar-refractivity contribution < 1.29 is 14.8 Å². The molecular weight excluding hydrogens is 329 g/mol. The van der Waals surface area contributed by atoms with Crippen molar-refractivity contribution in [3.63, 3.8) is 0 Å². The normalized spacial score (nSPS) is 11.3. The van der Waals surface area contributed by atoms with E-state index in [4.69, 9.17) is 23.2 Å². The Morgan fingerprint density at radius 3 is 2.32 bits per heavy atom. The minimum atomic E-state index is -1.18. The van der Waals surface area contributed by atoms with Crippen LogP contribution in [0.4, 0.5) is 5.69 Å². The molecule has 0 saturated carbocycles. The average Bonchev–Trinajstić information content (AvgIpc) is 2.47. The topological polar surface area (TPSA) is 80.4 Å². The van der Waals surface area contributed by atoms with Gasteiger partial charge in [-0.1, -0.05) is 23.2 Å². The van der Waals surface area contributed by atoms with Crippen LogP contribution >= 0.6 is 23.2 Å². The second-order valence-electron chi connectivity index (χ2n) is 4.34. The molecule has 0 bridgehead atoms. The van der Waals surface area contributed by atoms with Crippen molar-refractivity contribution in [1.82, 2.24) is 0 Å². The Balaban J connectivity index is 2.49. The lowest BCUT2D eigenvalue weighted by molar-refractivity contribution is -0.384. The molecule has 0 saturated heterocycles. The van der Waals surface area contributed by atoms with Gasteiger partial charge < -0.3 is 5.11 Å². The first-order valence-electron chi connectivity index (χ1n) is 6.03. The maximum absolute atomic E-state index is 11.5. The predicted molar refractivity (Wildman–Crippen MR) is 85.1 cm³/mol. The Hall–Kier alpha value is -2.37. The van der Waals surface area contributed by atoms with Gasteiger partial charge in [0.2, 0.25) is 0 Å². The van der Waals surface area contributed by atoms with Crippen LogP contribution in [0.5, 0.6) is 0 Å². The summed E-state index contributed by atoms with van der Waals surface area (Å²) in [4.78, 5) is 21.5. The summed E-state index contributed by atoms with van der Waals surface area (Å²) in [5.41, 5.74) is 0.648. The van der Waals surface area contributed by atoms with Crippen molar-refractivity contribution >= 4 is 46.5 Å². The Labute approximate surface area is 135 Å². The number of carboxylic acid groups (broad SMARTS) is 1. The van der Waals surface area contributed by atoms with Gasteiger partial charge in [0.1, 0.15) is 0 Å². The minimum absolute atomic E-state index is 0.0543. The van der Waals surface area contributed by atoms with Gasteiger partial charge in [-0.3, -0.25) is 10.1 Å². The number of halogens is 2. The lowest BCUT2D eigenvalue weighted by Crippen LogP contribution is -2.00. The van der Waals surface area contributed by atoms with Crippen LogP contribution in [0.15, 0.2) is 42.5 Å². The summed E-state index contributed by atoms with van der Waals surface area (Å²) in [5, 5.41) is 20.6. The van der Waals surface area contributed by atoms with Gasteiger partial charge >= 0.3 is 5.97 Å². The molecule has 0 spiro atoms. The molecule has 2 rings (SSSR count). The number of non-ortho nitro benzene ring substituents is 1. The lowest BCUT2D eigenvalue weighted by Gasteiger charge is -2.06. The molecule has 0 amide bonds. The zero-order valence-corrected chi connectivity index (χ0v) is 12.5. The van der Waals surface area contributed by atoms with Gasteiger partial charge in [-0.2, -0.15) is 0 Å². The van der Waals surface area contributed by atoms with Gasteiger partial charge in [-0.25, -0.2) is 4.79 Å². The summed E-state index contributed by atoms with van der Waals surface area (Å²) in [7, 11) is 0. The zero-order chi connectivity index (χ0) is 16.3. The summed E-state index contributed by atoms with van der Waals surface area (Å²) >= 11 is 11.9. The highest BCUT2D eigenvalue weighted by Gasteiger charge is 2.15. The molecule has 0 fully saturated rings. The second-order valence-corrected chi connectivity index (χ2v) is 5.18. The summed E-state index contributed by atoms with van der Waals surface area (Å²) in [6.45, 7) is 0. The zero-order valence-electron chi connectivity index (χ0n) is 11.0. The Bertz CT molecular complexity index is 770. The van der Waals surface area contributed by atoms with Crippen LogP contribution < -0.4 is 0 Å². The largest absolute Gasteiger partial charge is 0.478 e. The first-order chi connectivity index (χ1) is 10.4. The van der Waals surface area contributed by atoms with E-state index < -0.39 is 10.9 Å². The third-order valence-corrected chi connectivity index (χ3v) is 3.43. The fourth-order valence-corrected chi connectivity index (χ4v) is 2.21. The van der Waals surface area contributed by atoms with Gasteiger partial charge in [0, 0.05) is 27.7 Å². The molecule has 0 heterocycles. The smallest absolute Gasteiger partial charge is 0.336 e. The first-order valence-corrected chi connectivity index (χ1v) is 6.79. The van der Waals surface area contributed by atoms with Crippen LogP contribution in [0.2, 0.25) is 10.0 Å². The average molecular weight is 338 g/mol. The fourth-order valence-electron chi connectivity index (χ4n) is 1.82. The van der Waals surface area contributed by atoms with Gasteiger partial charge in [0.25, 0.3) is 5.69 Å². The fraction of sp³-hybridized carbons (Fsp3) is 0. The molecule has 112 valence electrons. The van der Waals surface area contributed by atoms with Crippen LogP contribution in [0.1, 0.15) is 11.1 Å². The van der Waals surface area contributed by atoms with Crippen LogP contribution in [0.3, 0.4) is 0 Å². The highest BCUT2D eigenvalue weighted by molar-refractivity contribution is 6.37.